The van der Waals surface area contributed by atoms with Crippen molar-refractivity contribution in [2.24, 2.45) is 0 Å². The van der Waals surface area contributed by atoms with Gasteiger partial charge in [-0.05, 0) is 37.7 Å². The maximum atomic E-state index is 12.5. The Morgan fingerprint density at radius 2 is 1.71 bits per heavy atom. The zero-order valence-corrected chi connectivity index (χ0v) is 16.6. The number of allylic oxidation sites excluding steroid dienone is 2. The molecule has 0 aromatic heterocycles. The van der Waals surface area contributed by atoms with E-state index in [-0.39, 0.29) is 18.1 Å². The minimum Gasteiger partial charge on any atom is -0.481 e. The topological polar surface area (TPSA) is 74.7 Å². The number of amides is 1. The normalized spacial score (nSPS) is 16.2. The second-order valence-electron chi connectivity index (χ2n) is 7.41. The lowest BCUT2D eigenvalue weighted by Crippen LogP contribution is -2.30. The van der Waals surface area contributed by atoms with E-state index in [9.17, 15) is 14.4 Å². The van der Waals surface area contributed by atoms with Crippen LogP contribution in [0.3, 0.4) is 0 Å². The number of nitrogens with zero attached hydrogens (tertiary/aromatic N) is 1. The molecule has 28 heavy (non-hydrogen) atoms. The van der Waals surface area contributed by atoms with Crippen molar-refractivity contribution in [2.75, 3.05) is 6.54 Å². The van der Waals surface area contributed by atoms with Gasteiger partial charge in [-0.3, -0.25) is 14.4 Å². The highest BCUT2D eigenvalue weighted by Crippen LogP contribution is 2.22. The third-order valence-electron chi connectivity index (χ3n) is 5.05. The molecule has 1 amide bonds. The van der Waals surface area contributed by atoms with E-state index in [0.717, 1.165) is 49.8 Å². The first kappa shape index (κ1) is 21.9. The number of ketones is 1. The van der Waals surface area contributed by atoms with Crippen LogP contribution in [0.5, 0.6) is 0 Å². The highest BCUT2D eigenvalue weighted by atomic mass is 16.4. The number of hydrogen-bond acceptors (Lipinski definition) is 3. The molecule has 1 heterocycles. The fourth-order valence-corrected chi connectivity index (χ4v) is 3.52. The van der Waals surface area contributed by atoms with Gasteiger partial charge in [0.1, 0.15) is 5.78 Å². The van der Waals surface area contributed by atoms with Crippen molar-refractivity contribution in [3.05, 3.63) is 47.7 Å². The molecular formula is C23H31NO4. The van der Waals surface area contributed by atoms with Crippen LogP contribution < -0.4 is 0 Å². The van der Waals surface area contributed by atoms with Crippen molar-refractivity contribution in [3.63, 3.8) is 0 Å². The SMILES string of the molecule is O=C(O)CCCCCCN1C(=O)CCCCC1=CCC(=O)Cc1ccccc1. The molecule has 1 aromatic carbocycles. The number of rotatable bonds is 11. The Kier molecular flexibility index (Phi) is 9.46. The number of likely N-dealkylation sites (tertiary alicyclic amines) is 1. The average Bonchev–Trinajstić information content (AvgIpc) is 2.85. The Morgan fingerprint density at radius 1 is 1.00 bits per heavy atom. The smallest absolute Gasteiger partial charge is 0.303 e. The zero-order chi connectivity index (χ0) is 20.2. The van der Waals surface area contributed by atoms with Gasteiger partial charge in [-0.1, -0.05) is 49.2 Å². The minimum absolute atomic E-state index is 0.143. The Hall–Kier alpha value is -2.43. The molecule has 0 bridgehead atoms. The first-order valence-electron chi connectivity index (χ1n) is 10.3. The minimum atomic E-state index is -0.756. The van der Waals surface area contributed by atoms with Gasteiger partial charge in [-0.15, -0.1) is 0 Å². The number of carboxylic acids is 1. The van der Waals surface area contributed by atoms with Crippen LogP contribution in [-0.4, -0.2) is 34.2 Å². The predicted octanol–water partition coefficient (Wildman–Crippen LogP) is 4.51. The summed E-state index contributed by atoms with van der Waals surface area (Å²) in [5.41, 5.74) is 2.00. The van der Waals surface area contributed by atoms with Crippen molar-refractivity contribution >= 4 is 17.7 Å². The summed E-state index contributed by atoms with van der Waals surface area (Å²) < 4.78 is 0. The van der Waals surface area contributed by atoms with Gasteiger partial charge >= 0.3 is 5.97 Å². The summed E-state index contributed by atoms with van der Waals surface area (Å²) in [5.74, 6) is -0.457. The summed E-state index contributed by atoms with van der Waals surface area (Å²) in [7, 11) is 0. The van der Waals surface area contributed by atoms with Crippen LogP contribution in [0.15, 0.2) is 42.1 Å². The van der Waals surface area contributed by atoms with Crippen molar-refractivity contribution in [2.45, 2.75) is 70.6 Å². The summed E-state index contributed by atoms with van der Waals surface area (Å²) in [6.07, 6.45) is 9.51. The molecule has 152 valence electrons. The molecule has 1 aliphatic heterocycles. The Balaban J connectivity index is 1.86. The van der Waals surface area contributed by atoms with Crippen molar-refractivity contribution < 1.29 is 19.5 Å². The monoisotopic (exact) mass is 385 g/mol. The van der Waals surface area contributed by atoms with E-state index in [2.05, 4.69) is 0 Å². The molecule has 0 saturated carbocycles. The van der Waals surface area contributed by atoms with Gasteiger partial charge in [0.05, 0.1) is 0 Å². The van der Waals surface area contributed by atoms with Gasteiger partial charge in [0.25, 0.3) is 0 Å². The van der Waals surface area contributed by atoms with E-state index in [1.165, 1.54) is 0 Å². The lowest BCUT2D eigenvalue weighted by molar-refractivity contribution is -0.137. The van der Waals surface area contributed by atoms with Crippen molar-refractivity contribution in [1.29, 1.82) is 0 Å². The molecule has 0 aliphatic carbocycles. The van der Waals surface area contributed by atoms with Gasteiger partial charge in [0, 0.05) is 37.9 Å². The Morgan fingerprint density at radius 3 is 2.46 bits per heavy atom. The van der Waals surface area contributed by atoms with Crippen LogP contribution in [0.2, 0.25) is 0 Å². The summed E-state index contributed by atoms with van der Waals surface area (Å²) in [6.45, 7) is 0.657. The van der Waals surface area contributed by atoms with Crippen LogP contribution in [0, 0.1) is 0 Å². The van der Waals surface area contributed by atoms with Gasteiger partial charge in [-0.2, -0.15) is 0 Å². The van der Waals surface area contributed by atoms with E-state index in [4.69, 9.17) is 5.11 Å². The second kappa shape index (κ2) is 12.1. The zero-order valence-electron chi connectivity index (χ0n) is 16.6. The molecule has 1 fully saturated rings. The number of unbranched alkanes of at least 4 members (excludes halogenated alkanes) is 3. The van der Waals surface area contributed by atoms with Crippen molar-refractivity contribution in [3.8, 4) is 0 Å². The van der Waals surface area contributed by atoms with E-state index >= 15 is 0 Å². The number of benzene rings is 1. The maximum absolute atomic E-state index is 12.5. The number of carbonyl (C=O) groups is 3. The van der Waals surface area contributed by atoms with Crippen LogP contribution in [-0.2, 0) is 20.8 Å². The Labute approximate surface area is 167 Å². The molecule has 0 unspecified atom stereocenters. The number of carboxylic acid groups (broad SMARTS) is 1. The first-order valence-corrected chi connectivity index (χ1v) is 10.3. The maximum Gasteiger partial charge on any atom is 0.303 e. The van der Waals surface area contributed by atoms with E-state index in [0.29, 0.717) is 32.2 Å². The number of aliphatic carboxylic acids is 1. The fourth-order valence-electron chi connectivity index (χ4n) is 3.52. The van der Waals surface area contributed by atoms with Crippen LogP contribution >= 0.6 is 0 Å². The summed E-state index contributed by atoms with van der Waals surface area (Å²) in [5, 5.41) is 8.68. The number of Topliss-reactive ketones (excluding diaryl/α,β-unsaturated/α-hetero) is 1. The number of hydrogen-bond donors (Lipinski definition) is 1. The van der Waals surface area contributed by atoms with E-state index in [1.54, 1.807) is 0 Å². The van der Waals surface area contributed by atoms with E-state index < -0.39 is 5.97 Å². The van der Waals surface area contributed by atoms with Gasteiger partial charge in [-0.25, -0.2) is 0 Å². The predicted molar refractivity (Wildman–Crippen MR) is 109 cm³/mol. The standard InChI is InChI=1S/C23H31NO4/c25-21(18-19-10-4-3-5-11-19)16-15-20-12-7-8-13-22(26)24(20)17-9-2-1-6-14-23(27)28/h3-5,10-11,15H,1-2,6-9,12-14,16-18H2,(H,27,28). The first-order chi connectivity index (χ1) is 13.6. The lowest BCUT2D eigenvalue weighted by atomic mass is 10.1. The molecule has 1 saturated heterocycles. The van der Waals surface area contributed by atoms with E-state index in [1.807, 2.05) is 41.3 Å². The Bertz CT molecular complexity index is 681. The summed E-state index contributed by atoms with van der Waals surface area (Å²) in [6, 6.07) is 9.72. The second-order valence-corrected chi connectivity index (χ2v) is 7.41. The van der Waals surface area contributed by atoms with Gasteiger partial charge in [0.15, 0.2) is 0 Å². The molecular weight excluding hydrogens is 354 g/mol. The largest absolute Gasteiger partial charge is 0.481 e. The average molecular weight is 386 g/mol. The van der Waals surface area contributed by atoms with Crippen molar-refractivity contribution in [1.82, 2.24) is 4.90 Å². The molecule has 5 nitrogen and oxygen atoms in total. The molecule has 1 N–H and O–H groups in total. The van der Waals surface area contributed by atoms with Crippen LogP contribution in [0.1, 0.15) is 69.8 Å². The summed E-state index contributed by atoms with van der Waals surface area (Å²) >= 11 is 0. The quantitative estimate of drug-likeness (QED) is 0.569. The molecule has 0 spiro atoms. The molecule has 0 radical (unpaired) electrons. The third-order valence-corrected chi connectivity index (χ3v) is 5.05. The van der Waals surface area contributed by atoms with Crippen LogP contribution in [0.25, 0.3) is 0 Å². The molecule has 1 aliphatic rings. The third kappa shape index (κ3) is 8.07. The molecule has 2 rings (SSSR count). The highest BCUT2D eigenvalue weighted by molar-refractivity contribution is 5.83. The van der Waals surface area contributed by atoms with Crippen LogP contribution in [0.4, 0.5) is 0 Å². The highest BCUT2D eigenvalue weighted by Gasteiger charge is 2.20. The fraction of sp³-hybridized carbons (Fsp3) is 0.522. The summed E-state index contributed by atoms with van der Waals surface area (Å²) in [4.78, 5) is 37.2. The molecule has 5 heteroatoms. The lowest BCUT2D eigenvalue weighted by Gasteiger charge is -2.24. The molecule has 1 aromatic rings. The molecule has 0 atom stereocenters. The number of carbonyl (C=O) groups excluding carboxylic acids is 2. The van der Waals surface area contributed by atoms with Gasteiger partial charge in [0.2, 0.25) is 5.91 Å². The van der Waals surface area contributed by atoms with Gasteiger partial charge < -0.3 is 10.0 Å².